The SMILES string of the molecule is C=N/C(=C(\C=NCc1ccccc1)n1ccc2c1ccc1c3c(n(-c4ccc(-c5ccccc5)cc4)c12)CCC=C3)c1ccccc1. The van der Waals surface area contributed by atoms with Crippen molar-refractivity contribution in [3.05, 3.63) is 168 Å². The Morgan fingerprint density at radius 2 is 1.43 bits per heavy atom. The molecule has 2 heterocycles. The van der Waals surface area contributed by atoms with Gasteiger partial charge in [0.1, 0.15) is 0 Å². The summed E-state index contributed by atoms with van der Waals surface area (Å²) in [5.74, 6) is 0. The number of allylic oxidation sites excluding steroid dienone is 2. The third kappa shape index (κ3) is 5.24. The monoisotopic (exact) mass is 606 g/mol. The van der Waals surface area contributed by atoms with E-state index in [0.29, 0.717) is 6.54 Å². The van der Waals surface area contributed by atoms with Gasteiger partial charge in [0, 0.05) is 45.7 Å². The van der Waals surface area contributed by atoms with Gasteiger partial charge < -0.3 is 9.13 Å². The number of hydrogen-bond donors (Lipinski definition) is 0. The first kappa shape index (κ1) is 28.5. The number of benzene rings is 5. The van der Waals surface area contributed by atoms with E-state index >= 15 is 0 Å². The molecule has 0 atom stereocenters. The van der Waals surface area contributed by atoms with Gasteiger partial charge >= 0.3 is 0 Å². The molecular weight excluding hydrogens is 573 g/mol. The number of fused-ring (bicyclic) bond motifs is 5. The summed E-state index contributed by atoms with van der Waals surface area (Å²) in [5.41, 5.74) is 12.4. The lowest BCUT2D eigenvalue weighted by molar-refractivity contribution is 0.890. The number of hydrogen-bond acceptors (Lipinski definition) is 2. The molecule has 1 aliphatic carbocycles. The van der Waals surface area contributed by atoms with E-state index in [-0.39, 0.29) is 0 Å². The second-order valence-corrected chi connectivity index (χ2v) is 11.8. The normalized spacial score (nSPS) is 13.3. The summed E-state index contributed by atoms with van der Waals surface area (Å²) in [6.45, 7) is 4.57. The summed E-state index contributed by atoms with van der Waals surface area (Å²) in [5, 5.41) is 2.45. The van der Waals surface area contributed by atoms with E-state index in [1.165, 1.54) is 44.4 Å². The predicted molar refractivity (Wildman–Crippen MR) is 199 cm³/mol. The van der Waals surface area contributed by atoms with Gasteiger partial charge in [0.15, 0.2) is 0 Å². The van der Waals surface area contributed by atoms with Gasteiger partial charge in [-0.15, -0.1) is 0 Å². The van der Waals surface area contributed by atoms with Gasteiger partial charge in [0.05, 0.1) is 29.0 Å². The number of aliphatic imine (C=N–C) groups is 2. The fourth-order valence-corrected chi connectivity index (χ4v) is 6.83. The van der Waals surface area contributed by atoms with E-state index < -0.39 is 0 Å². The molecule has 4 heteroatoms. The van der Waals surface area contributed by atoms with E-state index in [9.17, 15) is 0 Å². The van der Waals surface area contributed by atoms with Crippen LogP contribution in [-0.2, 0) is 13.0 Å². The highest BCUT2D eigenvalue weighted by Crippen LogP contribution is 2.39. The largest absolute Gasteiger partial charge is 0.313 e. The van der Waals surface area contributed by atoms with Crippen LogP contribution < -0.4 is 0 Å². The maximum atomic E-state index is 4.91. The lowest BCUT2D eigenvalue weighted by Crippen LogP contribution is -2.03. The molecule has 0 fully saturated rings. The zero-order valence-electron chi connectivity index (χ0n) is 26.1. The zero-order chi connectivity index (χ0) is 31.6. The van der Waals surface area contributed by atoms with Crippen molar-refractivity contribution in [1.82, 2.24) is 9.13 Å². The molecule has 8 rings (SSSR count). The van der Waals surface area contributed by atoms with Crippen LogP contribution in [0.4, 0.5) is 0 Å². The molecule has 0 saturated carbocycles. The maximum Gasteiger partial charge on any atom is 0.0950 e. The van der Waals surface area contributed by atoms with Crippen LogP contribution in [0.25, 0.3) is 56.1 Å². The molecular formula is C43H34N4. The first-order valence-corrected chi connectivity index (χ1v) is 16.1. The van der Waals surface area contributed by atoms with Gasteiger partial charge in [-0.3, -0.25) is 9.98 Å². The highest BCUT2D eigenvalue weighted by atomic mass is 15.0. The minimum absolute atomic E-state index is 0.577. The van der Waals surface area contributed by atoms with E-state index in [1.807, 2.05) is 42.6 Å². The summed E-state index contributed by atoms with van der Waals surface area (Å²) >= 11 is 0. The molecule has 2 aromatic heterocycles. The van der Waals surface area contributed by atoms with Crippen molar-refractivity contribution in [2.24, 2.45) is 9.98 Å². The highest BCUT2D eigenvalue weighted by molar-refractivity contribution is 6.17. The molecule has 0 bridgehead atoms. The van der Waals surface area contributed by atoms with Crippen LogP contribution in [0.3, 0.4) is 0 Å². The van der Waals surface area contributed by atoms with Crippen LogP contribution in [0.1, 0.15) is 28.8 Å². The van der Waals surface area contributed by atoms with E-state index in [2.05, 4.69) is 136 Å². The van der Waals surface area contributed by atoms with Crippen molar-refractivity contribution < 1.29 is 0 Å². The van der Waals surface area contributed by atoms with Crippen LogP contribution in [0.2, 0.25) is 0 Å². The molecule has 5 aromatic carbocycles. The Morgan fingerprint density at radius 3 is 2.17 bits per heavy atom. The van der Waals surface area contributed by atoms with Crippen molar-refractivity contribution in [2.75, 3.05) is 0 Å². The maximum absolute atomic E-state index is 4.91. The summed E-state index contributed by atoms with van der Waals surface area (Å²) in [7, 11) is 0. The first-order chi connectivity index (χ1) is 23.3. The lowest BCUT2D eigenvalue weighted by Gasteiger charge is -2.15. The summed E-state index contributed by atoms with van der Waals surface area (Å²) in [6, 6.07) is 46.9. The molecule has 1 aliphatic rings. The molecule has 0 amide bonds. The predicted octanol–water partition coefficient (Wildman–Crippen LogP) is 10.5. The zero-order valence-corrected chi connectivity index (χ0v) is 26.1. The Balaban J connectivity index is 1.32. The van der Waals surface area contributed by atoms with Crippen molar-refractivity contribution in [3.8, 4) is 16.8 Å². The molecule has 0 radical (unpaired) electrons. The van der Waals surface area contributed by atoms with E-state index in [1.54, 1.807) is 0 Å². The average molecular weight is 607 g/mol. The van der Waals surface area contributed by atoms with Crippen LogP contribution in [-0.4, -0.2) is 22.1 Å². The Bertz CT molecular complexity index is 2300. The topological polar surface area (TPSA) is 34.6 Å². The highest BCUT2D eigenvalue weighted by Gasteiger charge is 2.22. The molecule has 226 valence electrons. The van der Waals surface area contributed by atoms with Crippen LogP contribution in [0.5, 0.6) is 0 Å². The number of nitrogens with zero attached hydrogens (tertiary/aromatic N) is 4. The Labute approximate surface area is 275 Å². The van der Waals surface area contributed by atoms with Gasteiger partial charge in [0.2, 0.25) is 0 Å². The molecule has 0 spiro atoms. The average Bonchev–Trinajstić information content (AvgIpc) is 3.72. The van der Waals surface area contributed by atoms with Crippen LogP contribution >= 0.6 is 0 Å². The molecule has 0 aliphatic heterocycles. The van der Waals surface area contributed by atoms with Crippen molar-refractivity contribution >= 4 is 52.2 Å². The van der Waals surface area contributed by atoms with Crippen molar-refractivity contribution in [1.29, 1.82) is 0 Å². The second kappa shape index (κ2) is 12.4. The molecule has 0 N–H and O–H groups in total. The minimum atomic E-state index is 0.577. The van der Waals surface area contributed by atoms with Crippen LogP contribution in [0.15, 0.2) is 156 Å². The third-order valence-corrected chi connectivity index (χ3v) is 9.04. The lowest BCUT2D eigenvalue weighted by atomic mass is 10.0. The van der Waals surface area contributed by atoms with Gasteiger partial charge in [-0.05, 0) is 60.5 Å². The minimum Gasteiger partial charge on any atom is -0.313 e. The molecule has 0 unspecified atom stereocenters. The number of rotatable bonds is 8. The van der Waals surface area contributed by atoms with Gasteiger partial charge in [0.25, 0.3) is 0 Å². The fourth-order valence-electron chi connectivity index (χ4n) is 6.83. The third-order valence-electron chi connectivity index (χ3n) is 9.04. The van der Waals surface area contributed by atoms with Crippen molar-refractivity contribution in [3.63, 3.8) is 0 Å². The van der Waals surface area contributed by atoms with Gasteiger partial charge in [-0.1, -0.05) is 121 Å². The number of aromatic nitrogens is 2. The van der Waals surface area contributed by atoms with E-state index in [4.69, 9.17) is 4.99 Å². The molecule has 4 nitrogen and oxygen atoms in total. The Kier molecular flexibility index (Phi) is 7.52. The standard InChI is InChI=1S/C43H34N4/c1-44-42(34-17-9-4-10-18-34)41(30-45-29-31-13-5-2-6-14-31)46-28-27-38-39(46)26-25-37-36-19-11-12-20-40(36)47(43(37)38)35-23-21-33(22-24-35)32-15-7-3-8-16-32/h2-11,13-19,21-28,30H,1,12,20,29H2/b42-41+,45-30?. The Hall–Kier alpha value is -6.00. The fraction of sp³-hybridized carbons (Fsp3) is 0.0698. The molecule has 0 saturated heterocycles. The summed E-state index contributed by atoms with van der Waals surface area (Å²) in [6.07, 6.45) is 10.7. The Morgan fingerprint density at radius 1 is 0.723 bits per heavy atom. The summed E-state index contributed by atoms with van der Waals surface area (Å²) in [4.78, 5) is 9.47. The molecule has 47 heavy (non-hydrogen) atoms. The first-order valence-electron chi connectivity index (χ1n) is 16.1. The quantitative estimate of drug-likeness (QED) is 0.154. The van der Waals surface area contributed by atoms with E-state index in [0.717, 1.165) is 40.9 Å². The van der Waals surface area contributed by atoms with Gasteiger partial charge in [-0.2, -0.15) is 0 Å². The van der Waals surface area contributed by atoms with Crippen molar-refractivity contribution in [2.45, 2.75) is 19.4 Å². The van der Waals surface area contributed by atoms with Crippen LogP contribution in [0, 0.1) is 0 Å². The molecule has 7 aromatic rings. The smallest absolute Gasteiger partial charge is 0.0950 e. The van der Waals surface area contributed by atoms with Gasteiger partial charge in [-0.25, -0.2) is 0 Å². The second-order valence-electron chi connectivity index (χ2n) is 11.8. The summed E-state index contributed by atoms with van der Waals surface area (Å²) < 4.78 is 4.69.